The lowest BCUT2D eigenvalue weighted by atomic mass is 10.1. The van der Waals surface area contributed by atoms with E-state index in [4.69, 9.17) is 14.2 Å². The van der Waals surface area contributed by atoms with Crippen LogP contribution in [0.5, 0.6) is 17.2 Å². The van der Waals surface area contributed by atoms with Gasteiger partial charge in [-0.25, -0.2) is 0 Å². The number of likely N-dealkylation sites (tertiary alicyclic amines) is 1. The number of carbonyl (C=O) groups is 2. The average Bonchev–Trinajstić information content (AvgIpc) is 3.42. The van der Waals surface area contributed by atoms with Gasteiger partial charge in [-0.15, -0.1) is 0 Å². The van der Waals surface area contributed by atoms with Gasteiger partial charge in [-0.1, -0.05) is 18.2 Å². The zero-order valence-electron chi connectivity index (χ0n) is 17.2. The molecule has 0 bridgehead atoms. The summed E-state index contributed by atoms with van der Waals surface area (Å²) in [5.41, 5.74) is 1.54. The maximum atomic E-state index is 13.0. The van der Waals surface area contributed by atoms with Crippen molar-refractivity contribution in [1.82, 2.24) is 10.2 Å². The van der Waals surface area contributed by atoms with Crippen LogP contribution >= 0.6 is 0 Å². The molecule has 2 heterocycles. The van der Waals surface area contributed by atoms with Crippen LogP contribution in [0.2, 0.25) is 0 Å². The molecule has 1 fully saturated rings. The van der Waals surface area contributed by atoms with Crippen LogP contribution in [0.3, 0.4) is 0 Å². The van der Waals surface area contributed by atoms with Gasteiger partial charge >= 0.3 is 0 Å². The minimum Gasteiger partial charge on any atom is -0.489 e. The Kier molecular flexibility index (Phi) is 5.79. The number of amides is 2. The average molecular weight is 410 g/mol. The van der Waals surface area contributed by atoms with Crippen LogP contribution in [-0.2, 0) is 4.79 Å². The van der Waals surface area contributed by atoms with Crippen LogP contribution in [0.1, 0.15) is 35.7 Å². The highest BCUT2D eigenvalue weighted by Crippen LogP contribution is 2.33. The fourth-order valence-electron chi connectivity index (χ4n) is 3.79. The van der Waals surface area contributed by atoms with Crippen LogP contribution in [0, 0.1) is 6.92 Å². The molecule has 0 unspecified atom stereocenters. The van der Waals surface area contributed by atoms with Crippen molar-refractivity contribution in [3.63, 3.8) is 0 Å². The molecule has 2 aromatic rings. The summed E-state index contributed by atoms with van der Waals surface area (Å²) in [6, 6.07) is 12.4. The van der Waals surface area contributed by atoms with E-state index in [9.17, 15) is 9.59 Å². The van der Waals surface area contributed by atoms with E-state index in [2.05, 4.69) is 5.32 Å². The smallest absolute Gasteiger partial charge is 0.254 e. The summed E-state index contributed by atoms with van der Waals surface area (Å²) < 4.78 is 16.6. The van der Waals surface area contributed by atoms with Gasteiger partial charge in [0.1, 0.15) is 17.9 Å². The number of rotatable bonds is 6. The van der Waals surface area contributed by atoms with Crippen molar-refractivity contribution >= 4 is 11.8 Å². The molecule has 0 spiro atoms. The normalized spacial score (nSPS) is 18.2. The zero-order valence-corrected chi connectivity index (χ0v) is 17.2. The molecule has 1 saturated heterocycles. The number of aryl methyl sites for hydroxylation is 1. The van der Waals surface area contributed by atoms with Crippen LogP contribution in [0.4, 0.5) is 0 Å². The van der Waals surface area contributed by atoms with E-state index < -0.39 is 6.04 Å². The molecule has 2 atom stereocenters. The predicted molar refractivity (Wildman–Crippen MR) is 111 cm³/mol. The second-order valence-corrected chi connectivity index (χ2v) is 7.66. The molecule has 7 nitrogen and oxygen atoms in total. The molecule has 4 rings (SSSR count). The van der Waals surface area contributed by atoms with Crippen LogP contribution in [0.25, 0.3) is 0 Å². The second kappa shape index (κ2) is 8.65. The molecule has 0 saturated carbocycles. The molecular weight excluding hydrogens is 384 g/mol. The summed E-state index contributed by atoms with van der Waals surface area (Å²) in [7, 11) is 0. The van der Waals surface area contributed by atoms with E-state index in [1.54, 1.807) is 23.1 Å². The SMILES string of the molecule is Cc1ccccc1O[C@@H](C)CNC(=O)[C@@H]1CCCN1C(=O)c1ccc2c(c1)OCO2. The van der Waals surface area contributed by atoms with Crippen molar-refractivity contribution in [2.75, 3.05) is 19.9 Å². The molecule has 2 aromatic carbocycles. The molecule has 30 heavy (non-hydrogen) atoms. The molecule has 2 aliphatic rings. The number of fused-ring (bicyclic) bond motifs is 1. The first kappa shape index (κ1) is 20.1. The van der Waals surface area contributed by atoms with Crippen molar-refractivity contribution < 1.29 is 23.8 Å². The fourth-order valence-corrected chi connectivity index (χ4v) is 3.79. The van der Waals surface area contributed by atoms with Crippen molar-refractivity contribution in [2.45, 2.75) is 38.8 Å². The molecule has 2 aliphatic heterocycles. The largest absolute Gasteiger partial charge is 0.489 e. The Hall–Kier alpha value is -3.22. The molecular formula is C23H26N2O5. The Labute approximate surface area is 175 Å². The number of para-hydroxylation sites is 1. The lowest BCUT2D eigenvalue weighted by Crippen LogP contribution is -2.47. The number of carbonyl (C=O) groups excluding carboxylic acids is 2. The molecule has 0 aromatic heterocycles. The Morgan fingerprint density at radius 2 is 2.00 bits per heavy atom. The van der Waals surface area contributed by atoms with E-state index in [0.29, 0.717) is 36.6 Å². The number of nitrogens with zero attached hydrogens (tertiary/aromatic N) is 1. The molecule has 158 valence electrons. The van der Waals surface area contributed by atoms with E-state index >= 15 is 0 Å². The lowest BCUT2D eigenvalue weighted by molar-refractivity contribution is -0.125. The van der Waals surface area contributed by atoms with E-state index in [-0.39, 0.29) is 24.7 Å². The first-order valence-corrected chi connectivity index (χ1v) is 10.2. The topological polar surface area (TPSA) is 77.1 Å². The maximum absolute atomic E-state index is 13.0. The van der Waals surface area contributed by atoms with E-state index in [1.807, 2.05) is 38.1 Å². The van der Waals surface area contributed by atoms with Gasteiger partial charge in [-0.2, -0.15) is 0 Å². The highest BCUT2D eigenvalue weighted by molar-refractivity contribution is 5.98. The molecule has 7 heteroatoms. The number of nitrogens with one attached hydrogen (secondary N) is 1. The van der Waals surface area contributed by atoms with Gasteiger partial charge < -0.3 is 24.4 Å². The second-order valence-electron chi connectivity index (χ2n) is 7.66. The minimum atomic E-state index is -0.478. The quantitative estimate of drug-likeness (QED) is 0.792. The van der Waals surface area contributed by atoms with Gasteiger partial charge in [0.15, 0.2) is 11.5 Å². The Morgan fingerprint density at radius 3 is 2.83 bits per heavy atom. The van der Waals surface area contributed by atoms with Crippen LogP contribution in [-0.4, -0.2) is 48.7 Å². The van der Waals surface area contributed by atoms with Crippen molar-refractivity contribution in [3.8, 4) is 17.2 Å². The van der Waals surface area contributed by atoms with Gasteiger partial charge in [0, 0.05) is 12.1 Å². The van der Waals surface area contributed by atoms with Gasteiger partial charge in [0.25, 0.3) is 5.91 Å². The summed E-state index contributed by atoms with van der Waals surface area (Å²) in [6.45, 7) is 4.98. The summed E-state index contributed by atoms with van der Waals surface area (Å²) >= 11 is 0. The number of ether oxygens (including phenoxy) is 3. The Balaban J connectivity index is 1.35. The van der Waals surface area contributed by atoms with Crippen molar-refractivity contribution in [3.05, 3.63) is 53.6 Å². The fraction of sp³-hybridized carbons (Fsp3) is 0.391. The van der Waals surface area contributed by atoms with Gasteiger partial charge in [0.05, 0.1) is 6.54 Å². The van der Waals surface area contributed by atoms with E-state index in [0.717, 1.165) is 17.7 Å². The molecule has 0 radical (unpaired) electrons. The Bertz CT molecular complexity index is 945. The van der Waals surface area contributed by atoms with Crippen LogP contribution < -0.4 is 19.5 Å². The van der Waals surface area contributed by atoms with Gasteiger partial charge in [-0.05, 0) is 56.5 Å². The highest BCUT2D eigenvalue weighted by Gasteiger charge is 2.35. The minimum absolute atomic E-state index is 0.151. The first-order chi connectivity index (χ1) is 14.5. The molecule has 2 amide bonds. The summed E-state index contributed by atoms with van der Waals surface area (Å²) in [4.78, 5) is 27.4. The third kappa shape index (κ3) is 4.20. The summed E-state index contributed by atoms with van der Waals surface area (Å²) in [6.07, 6.45) is 1.26. The number of hydrogen-bond acceptors (Lipinski definition) is 5. The van der Waals surface area contributed by atoms with Crippen molar-refractivity contribution in [2.24, 2.45) is 0 Å². The highest BCUT2D eigenvalue weighted by atomic mass is 16.7. The number of hydrogen-bond donors (Lipinski definition) is 1. The first-order valence-electron chi connectivity index (χ1n) is 10.2. The summed E-state index contributed by atoms with van der Waals surface area (Å²) in [5.74, 6) is 1.67. The zero-order chi connectivity index (χ0) is 21.1. The predicted octanol–water partition coefficient (Wildman–Crippen LogP) is 2.91. The third-order valence-electron chi connectivity index (χ3n) is 5.42. The molecule has 0 aliphatic carbocycles. The Morgan fingerprint density at radius 1 is 1.20 bits per heavy atom. The number of benzene rings is 2. The summed E-state index contributed by atoms with van der Waals surface area (Å²) in [5, 5.41) is 2.94. The lowest BCUT2D eigenvalue weighted by Gasteiger charge is -2.25. The molecule has 1 N–H and O–H groups in total. The van der Waals surface area contributed by atoms with Gasteiger partial charge in [0.2, 0.25) is 12.7 Å². The van der Waals surface area contributed by atoms with Crippen LogP contribution in [0.15, 0.2) is 42.5 Å². The van der Waals surface area contributed by atoms with E-state index in [1.165, 1.54) is 0 Å². The monoisotopic (exact) mass is 410 g/mol. The third-order valence-corrected chi connectivity index (χ3v) is 5.42. The van der Waals surface area contributed by atoms with Gasteiger partial charge in [-0.3, -0.25) is 9.59 Å². The standard InChI is InChI=1S/C23H26N2O5/c1-15-6-3-4-8-19(15)30-16(2)13-24-22(26)18-7-5-11-25(18)23(27)17-9-10-20-21(12-17)29-14-28-20/h3-4,6,8-10,12,16,18H,5,7,11,13-14H2,1-2H3,(H,24,26)/t16-,18-/m0/s1. The van der Waals surface area contributed by atoms with Crippen molar-refractivity contribution in [1.29, 1.82) is 0 Å². The maximum Gasteiger partial charge on any atom is 0.254 e.